The average Bonchev–Trinajstić information content (AvgIpc) is 2.21. The fourth-order valence-corrected chi connectivity index (χ4v) is 1.53. The van der Waals surface area contributed by atoms with E-state index < -0.39 is 0 Å². The van der Waals surface area contributed by atoms with Crippen molar-refractivity contribution >= 4 is 11.6 Å². The van der Waals surface area contributed by atoms with Crippen LogP contribution in [0.3, 0.4) is 0 Å². The quantitative estimate of drug-likeness (QED) is 0.802. The lowest BCUT2D eigenvalue weighted by Crippen LogP contribution is -2.20. The van der Waals surface area contributed by atoms with Gasteiger partial charge in [-0.05, 0) is 25.0 Å². The molecule has 0 heterocycles. The van der Waals surface area contributed by atoms with E-state index in [4.69, 9.17) is 0 Å². The maximum absolute atomic E-state index is 11.7. The number of anilines is 1. The minimum Gasteiger partial charge on any atom is -0.326 e. The van der Waals surface area contributed by atoms with Crippen molar-refractivity contribution in [1.29, 1.82) is 0 Å². The first-order chi connectivity index (χ1) is 7.15. The van der Waals surface area contributed by atoms with Crippen LogP contribution in [0.25, 0.3) is 0 Å². The van der Waals surface area contributed by atoms with Crippen LogP contribution in [-0.2, 0) is 4.79 Å². The fourth-order valence-electron chi connectivity index (χ4n) is 1.53. The summed E-state index contributed by atoms with van der Waals surface area (Å²) in [5.74, 6) is 0.209. The molecular weight excluding hydrogens is 186 g/mol. The SMILES string of the molecule is CCC[C@@H](C)C(=O)Nc1ccccc1C. The standard InChI is InChI=1S/C13H19NO/c1-4-7-11(3)13(15)14-12-9-6-5-8-10(12)2/h5-6,8-9,11H,4,7H2,1-3H3,(H,14,15)/t11-/m1/s1. The van der Waals surface area contributed by atoms with E-state index in [0.29, 0.717) is 0 Å². The van der Waals surface area contributed by atoms with E-state index >= 15 is 0 Å². The zero-order valence-corrected chi connectivity index (χ0v) is 9.71. The van der Waals surface area contributed by atoms with Gasteiger partial charge < -0.3 is 5.32 Å². The van der Waals surface area contributed by atoms with E-state index in [1.165, 1.54) is 0 Å². The van der Waals surface area contributed by atoms with E-state index in [2.05, 4.69) is 12.2 Å². The smallest absolute Gasteiger partial charge is 0.227 e. The summed E-state index contributed by atoms with van der Waals surface area (Å²) in [6.07, 6.45) is 1.99. The van der Waals surface area contributed by atoms with Crippen LogP contribution in [0.4, 0.5) is 5.69 Å². The molecule has 0 aromatic heterocycles. The van der Waals surface area contributed by atoms with E-state index in [1.54, 1.807) is 0 Å². The number of carbonyl (C=O) groups is 1. The first-order valence-corrected chi connectivity index (χ1v) is 5.51. The molecule has 0 bridgehead atoms. The van der Waals surface area contributed by atoms with Crippen molar-refractivity contribution in [2.75, 3.05) is 5.32 Å². The van der Waals surface area contributed by atoms with E-state index in [0.717, 1.165) is 24.1 Å². The van der Waals surface area contributed by atoms with Crippen LogP contribution in [0.15, 0.2) is 24.3 Å². The van der Waals surface area contributed by atoms with Gasteiger partial charge in [-0.25, -0.2) is 0 Å². The molecular formula is C13H19NO. The Morgan fingerprint density at radius 2 is 2.07 bits per heavy atom. The molecule has 2 heteroatoms. The lowest BCUT2D eigenvalue weighted by molar-refractivity contribution is -0.119. The predicted molar refractivity (Wildman–Crippen MR) is 63.9 cm³/mol. The van der Waals surface area contributed by atoms with Gasteiger partial charge in [-0.3, -0.25) is 4.79 Å². The Morgan fingerprint density at radius 3 is 2.67 bits per heavy atom. The molecule has 2 nitrogen and oxygen atoms in total. The third-order valence-electron chi connectivity index (χ3n) is 2.57. The third-order valence-corrected chi connectivity index (χ3v) is 2.57. The highest BCUT2D eigenvalue weighted by atomic mass is 16.1. The van der Waals surface area contributed by atoms with Gasteiger partial charge in [-0.15, -0.1) is 0 Å². The van der Waals surface area contributed by atoms with Crippen molar-refractivity contribution in [1.82, 2.24) is 0 Å². The molecule has 1 amide bonds. The van der Waals surface area contributed by atoms with Gasteiger partial charge >= 0.3 is 0 Å². The zero-order chi connectivity index (χ0) is 11.3. The largest absolute Gasteiger partial charge is 0.326 e. The maximum atomic E-state index is 11.7. The molecule has 1 atom stereocenters. The summed E-state index contributed by atoms with van der Waals surface area (Å²) in [6.45, 7) is 6.06. The van der Waals surface area contributed by atoms with E-state index in [9.17, 15) is 4.79 Å². The van der Waals surface area contributed by atoms with Gasteiger partial charge in [0.25, 0.3) is 0 Å². The van der Waals surface area contributed by atoms with Gasteiger partial charge in [0.15, 0.2) is 0 Å². The van der Waals surface area contributed by atoms with Gasteiger partial charge in [0.1, 0.15) is 0 Å². The Morgan fingerprint density at radius 1 is 1.40 bits per heavy atom. The number of aryl methyl sites for hydroxylation is 1. The molecule has 0 spiro atoms. The highest BCUT2D eigenvalue weighted by Gasteiger charge is 2.12. The normalized spacial score (nSPS) is 12.2. The first kappa shape index (κ1) is 11.8. The Bertz CT molecular complexity index is 333. The second-order valence-corrected chi connectivity index (χ2v) is 3.99. The number of hydrogen-bond donors (Lipinski definition) is 1. The molecule has 0 saturated carbocycles. The highest BCUT2D eigenvalue weighted by molar-refractivity contribution is 5.92. The number of para-hydroxylation sites is 1. The number of amides is 1. The Kier molecular flexibility index (Phi) is 4.35. The van der Waals surface area contributed by atoms with Gasteiger partial charge in [0.2, 0.25) is 5.91 Å². The zero-order valence-electron chi connectivity index (χ0n) is 9.71. The molecule has 0 aliphatic carbocycles. The molecule has 0 radical (unpaired) electrons. The van der Waals surface area contributed by atoms with Gasteiger partial charge in [-0.1, -0.05) is 38.5 Å². The van der Waals surface area contributed by atoms with E-state index in [-0.39, 0.29) is 11.8 Å². The molecule has 1 N–H and O–H groups in total. The molecule has 1 aromatic carbocycles. The third kappa shape index (κ3) is 3.39. The minimum absolute atomic E-state index is 0.0922. The van der Waals surface area contributed by atoms with Crippen LogP contribution in [0.5, 0.6) is 0 Å². The molecule has 1 rings (SSSR count). The number of hydrogen-bond acceptors (Lipinski definition) is 1. The molecule has 82 valence electrons. The number of rotatable bonds is 4. The summed E-state index contributed by atoms with van der Waals surface area (Å²) in [6, 6.07) is 7.85. The molecule has 0 aliphatic rings. The van der Waals surface area contributed by atoms with Crippen LogP contribution in [0.1, 0.15) is 32.3 Å². The summed E-state index contributed by atoms with van der Waals surface area (Å²) in [4.78, 5) is 11.7. The fraction of sp³-hybridized carbons (Fsp3) is 0.462. The van der Waals surface area contributed by atoms with Crippen LogP contribution >= 0.6 is 0 Å². The van der Waals surface area contributed by atoms with Crippen molar-refractivity contribution in [2.24, 2.45) is 5.92 Å². The van der Waals surface area contributed by atoms with Crippen LogP contribution < -0.4 is 5.32 Å². The summed E-state index contributed by atoms with van der Waals surface area (Å²) in [5.41, 5.74) is 2.03. The number of benzene rings is 1. The lowest BCUT2D eigenvalue weighted by Gasteiger charge is -2.12. The van der Waals surface area contributed by atoms with Crippen LogP contribution in [0.2, 0.25) is 0 Å². The van der Waals surface area contributed by atoms with E-state index in [1.807, 2.05) is 38.1 Å². The maximum Gasteiger partial charge on any atom is 0.227 e. The lowest BCUT2D eigenvalue weighted by atomic mass is 10.1. The van der Waals surface area contributed by atoms with Crippen LogP contribution in [0, 0.1) is 12.8 Å². The topological polar surface area (TPSA) is 29.1 Å². The summed E-state index contributed by atoms with van der Waals surface area (Å²) < 4.78 is 0. The van der Waals surface area contributed by atoms with Crippen molar-refractivity contribution in [2.45, 2.75) is 33.6 Å². The highest BCUT2D eigenvalue weighted by Crippen LogP contribution is 2.15. The van der Waals surface area contributed by atoms with Crippen molar-refractivity contribution in [3.8, 4) is 0 Å². The Hall–Kier alpha value is -1.31. The molecule has 0 fully saturated rings. The monoisotopic (exact) mass is 205 g/mol. The van der Waals surface area contributed by atoms with Crippen molar-refractivity contribution < 1.29 is 4.79 Å². The first-order valence-electron chi connectivity index (χ1n) is 5.51. The predicted octanol–water partition coefficient (Wildman–Crippen LogP) is 3.37. The minimum atomic E-state index is 0.0922. The van der Waals surface area contributed by atoms with Gasteiger partial charge in [0.05, 0.1) is 0 Å². The second kappa shape index (κ2) is 5.54. The van der Waals surface area contributed by atoms with Crippen molar-refractivity contribution in [3.05, 3.63) is 29.8 Å². The van der Waals surface area contributed by atoms with Crippen LogP contribution in [-0.4, -0.2) is 5.91 Å². The molecule has 15 heavy (non-hydrogen) atoms. The molecule has 0 saturated heterocycles. The Balaban J connectivity index is 2.62. The Labute approximate surface area is 91.7 Å². The molecule has 0 aliphatic heterocycles. The number of nitrogens with one attached hydrogen (secondary N) is 1. The summed E-state index contributed by atoms with van der Waals surface area (Å²) >= 11 is 0. The van der Waals surface area contributed by atoms with Gasteiger partial charge in [-0.2, -0.15) is 0 Å². The average molecular weight is 205 g/mol. The summed E-state index contributed by atoms with van der Waals surface area (Å²) in [7, 11) is 0. The molecule has 0 unspecified atom stereocenters. The summed E-state index contributed by atoms with van der Waals surface area (Å²) in [5, 5.41) is 2.96. The number of carbonyl (C=O) groups excluding carboxylic acids is 1. The van der Waals surface area contributed by atoms with Gasteiger partial charge in [0, 0.05) is 11.6 Å². The molecule has 1 aromatic rings. The second-order valence-electron chi connectivity index (χ2n) is 3.99. The van der Waals surface area contributed by atoms with Crippen molar-refractivity contribution in [3.63, 3.8) is 0 Å².